The molecule has 0 unspecified atom stereocenters. The molecule has 3 heteroatoms. The second-order valence-corrected chi connectivity index (χ2v) is 3.27. The van der Waals surface area contributed by atoms with Gasteiger partial charge in [0.05, 0.1) is 0 Å². The van der Waals surface area contributed by atoms with Crippen LogP contribution in [0.15, 0.2) is 23.4 Å². The van der Waals surface area contributed by atoms with Gasteiger partial charge < -0.3 is 5.32 Å². The van der Waals surface area contributed by atoms with Gasteiger partial charge in [0.15, 0.2) is 0 Å². The summed E-state index contributed by atoms with van der Waals surface area (Å²) >= 11 is 0. The molecule has 70 valence electrons. The van der Waals surface area contributed by atoms with E-state index in [2.05, 4.69) is 10.5 Å². The predicted octanol–water partition coefficient (Wildman–Crippen LogP) is 3.25. The van der Waals surface area contributed by atoms with Gasteiger partial charge in [0.25, 0.3) is 0 Å². The third-order valence-electron chi connectivity index (χ3n) is 2.04. The molecule has 0 aliphatic carbocycles. The summed E-state index contributed by atoms with van der Waals surface area (Å²) in [6.45, 7) is 4.09. The van der Waals surface area contributed by atoms with Crippen LogP contribution in [0.2, 0.25) is 0 Å². The lowest BCUT2D eigenvalue weighted by Gasteiger charge is -2.09. The maximum absolute atomic E-state index is 10.5. The molecule has 0 bridgehead atoms. The average Bonchev–Trinajstić information content (AvgIpc) is 2.16. The van der Waals surface area contributed by atoms with Gasteiger partial charge in [0.2, 0.25) is 0 Å². The first-order chi connectivity index (χ1) is 6.19. The van der Waals surface area contributed by atoms with Crippen molar-refractivity contribution in [3.05, 3.63) is 28.7 Å². The fourth-order valence-electron chi connectivity index (χ4n) is 1.26. The van der Waals surface area contributed by atoms with Crippen molar-refractivity contribution in [2.45, 2.75) is 19.8 Å². The fourth-order valence-corrected chi connectivity index (χ4v) is 1.26. The first-order valence-electron chi connectivity index (χ1n) is 4.34. The molecular weight excluding hydrogens is 164 g/mol. The Hall–Kier alpha value is -1.38. The molecule has 1 N–H and O–H groups in total. The summed E-state index contributed by atoms with van der Waals surface area (Å²) in [7, 11) is 1.85. The maximum Gasteiger partial charge on any atom is 0.111 e. The largest absolute Gasteiger partial charge is 0.388 e. The molecule has 0 heterocycles. The zero-order valence-corrected chi connectivity index (χ0v) is 8.16. The van der Waals surface area contributed by atoms with E-state index >= 15 is 0 Å². The normalized spacial score (nSPS) is 10.2. The van der Waals surface area contributed by atoms with E-state index in [4.69, 9.17) is 0 Å². The van der Waals surface area contributed by atoms with E-state index in [0.29, 0.717) is 11.6 Å². The molecule has 1 rings (SSSR count). The Labute approximate surface area is 78.1 Å². The lowest BCUT2D eigenvalue weighted by molar-refractivity contribution is 0.867. The van der Waals surface area contributed by atoms with E-state index < -0.39 is 0 Å². The highest BCUT2D eigenvalue weighted by molar-refractivity contribution is 5.57. The minimum absolute atomic E-state index is 0.320. The van der Waals surface area contributed by atoms with Gasteiger partial charge in [-0.3, -0.25) is 0 Å². The summed E-state index contributed by atoms with van der Waals surface area (Å²) in [5.41, 5.74) is 2.53. The van der Waals surface area contributed by atoms with Crippen LogP contribution in [0.25, 0.3) is 0 Å². The lowest BCUT2D eigenvalue weighted by Crippen LogP contribution is -1.92. The first kappa shape index (κ1) is 9.71. The Balaban J connectivity index is 3.17. The van der Waals surface area contributed by atoms with Crippen molar-refractivity contribution < 1.29 is 0 Å². The monoisotopic (exact) mass is 178 g/mol. The topological polar surface area (TPSA) is 41.5 Å². The van der Waals surface area contributed by atoms with Gasteiger partial charge in [0, 0.05) is 12.7 Å². The highest BCUT2D eigenvalue weighted by atomic mass is 16.3. The summed E-state index contributed by atoms with van der Waals surface area (Å²) in [5, 5.41) is 6.02. The second-order valence-electron chi connectivity index (χ2n) is 3.27. The molecule has 1 aromatic carbocycles. The van der Waals surface area contributed by atoms with Crippen molar-refractivity contribution in [3.8, 4) is 0 Å². The van der Waals surface area contributed by atoms with E-state index in [9.17, 15) is 4.91 Å². The Kier molecular flexibility index (Phi) is 3.01. The molecule has 0 fully saturated rings. The standard InChI is InChI=1S/C10H14N2O/c1-7(2)9-6-8(11-3)4-5-10(9)12-13/h4-7,11H,1-3H3. The zero-order valence-electron chi connectivity index (χ0n) is 8.16. The summed E-state index contributed by atoms with van der Waals surface area (Å²) in [6.07, 6.45) is 0. The van der Waals surface area contributed by atoms with E-state index in [0.717, 1.165) is 11.3 Å². The quantitative estimate of drug-likeness (QED) is 0.722. The Morgan fingerprint density at radius 3 is 2.54 bits per heavy atom. The smallest absolute Gasteiger partial charge is 0.111 e. The molecular formula is C10H14N2O. The van der Waals surface area contributed by atoms with Crippen molar-refractivity contribution in [1.29, 1.82) is 0 Å². The molecule has 0 spiro atoms. The van der Waals surface area contributed by atoms with Crippen molar-refractivity contribution in [1.82, 2.24) is 0 Å². The van der Waals surface area contributed by atoms with Crippen LogP contribution in [-0.4, -0.2) is 7.05 Å². The fraction of sp³-hybridized carbons (Fsp3) is 0.400. The molecule has 0 aliphatic heterocycles. The molecule has 0 aliphatic rings. The highest BCUT2D eigenvalue weighted by Gasteiger charge is 2.07. The Bertz CT molecular complexity index is 308. The van der Waals surface area contributed by atoms with Crippen LogP contribution in [0, 0.1) is 4.91 Å². The average molecular weight is 178 g/mol. The van der Waals surface area contributed by atoms with E-state index in [1.807, 2.05) is 33.0 Å². The number of nitrogens with zero attached hydrogens (tertiary/aromatic N) is 1. The number of anilines is 1. The van der Waals surface area contributed by atoms with Crippen molar-refractivity contribution in [3.63, 3.8) is 0 Å². The molecule has 0 amide bonds. The summed E-state index contributed by atoms with van der Waals surface area (Å²) in [5.74, 6) is 0.320. The molecule has 13 heavy (non-hydrogen) atoms. The third-order valence-corrected chi connectivity index (χ3v) is 2.04. The van der Waals surface area contributed by atoms with Gasteiger partial charge in [-0.1, -0.05) is 13.8 Å². The number of hydrogen-bond donors (Lipinski definition) is 1. The summed E-state index contributed by atoms with van der Waals surface area (Å²) in [6, 6.07) is 5.55. The first-order valence-corrected chi connectivity index (χ1v) is 4.34. The minimum atomic E-state index is 0.320. The van der Waals surface area contributed by atoms with Crippen LogP contribution >= 0.6 is 0 Å². The van der Waals surface area contributed by atoms with Gasteiger partial charge >= 0.3 is 0 Å². The van der Waals surface area contributed by atoms with Gasteiger partial charge in [-0.15, -0.1) is 4.91 Å². The van der Waals surface area contributed by atoms with Crippen molar-refractivity contribution >= 4 is 11.4 Å². The number of nitroso groups, excluding NO2 is 1. The molecule has 3 nitrogen and oxygen atoms in total. The number of hydrogen-bond acceptors (Lipinski definition) is 3. The van der Waals surface area contributed by atoms with Gasteiger partial charge in [0.1, 0.15) is 5.69 Å². The molecule has 1 aromatic rings. The van der Waals surface area contributed by atoms with E-state index in [1.165, 1.54) is 0 Å². The Morgan fingerprint density at radius 1 is 1.38 bits per heavy atom. The molecule has 0 aromatic heterocycles. The Morgan fingerprint density at radius 2 is 2.08 bits per heavy atom. The number of rotatable bonds is 3. The van der Waals surface area contributed by atoms with Crippen LogP contribution in [0.3, 0.4) is 0 Å². The van der Waals surface area contributed by atoms with Gasteiger partial charge in [-0.05, 0) is 34.9 Å². The van der Waals surface area contributed by atoms with Crippen LogP contribution in [0.5, 0.6) is 0 Å². The SMILES string of the molecule is CNc1ccc(N=O)c(C(C)C)c1. The summed E-state index contributed by atoms with van der Waals surface area (Å²) in [4.78, 5) is 10.5. The van der Waals surface area contributed by atoms with Crippen LogP contribution in [0.1, 0.15) is 25.3 Å². The predicted molar refractivity (Wildman–Crippen MR) is 55.5 cm³/mol. The number of nitrogens with one attached hydrogen (secondary N) is 1. The van der Waals surface area contributed by atoms with E-state index in [1.54, 1.807) is 6.07 Å². The molecule has 0 atom stereocenters. The number of benzene rings is 1. The highest BCUT2D eigenvalue weighted by Crippen LogP contribution is 2.29. The van der Waals surface area contributed by atoms with Crippen LogP contribution in [0.4, 0.5) is 11.4 Å². The van der Waals surface area contributed by atoms with Crippen molar-refractivity contribution in [2.24, 2.45) is 5.18 Å². The zero-order chi connectivity index (χ0) is 9.84. The van der Waals surface area contributed by atoms with Crippen LogP contribution in [-0.2, 0) is 0 Å². The minimum Gasteiger partial charge on any atom is -0.388 e. The third kappa shape index (κ3) is 2.05. The maximum atomic E-state index is 10.5. The van der Waals surface area contributed by atoms with E-state index in [-0.39, 0.29) is 0 Å². The van der Waals surface area contributed by atoms with Crippen LogP contribution < -0.4 is 5.32 Å². The molecule has 0 radical (unpaired) electrons. The molecule has 0 saturated heterocycles. The van der Waals surface area contributed by atoms with Crippen molar-refractivity contribution in [2.75, 3.05) is 12.4 Å². The summed E-state index contributed by atoms with van der Waals surface area (Å²) < 4.78 is 0. The van der Waals surface area contributed by atoms with Gasteiger partial charge in [-0.2, -0.15) is 0 Å². The lowest BCUT2D eigenvalue weighted by atomic mass is 10.0. The molecule has 0 saturated carbocycles. The second kappa shape index (κ2) is 4.03. The van der Waals surface area contributed by atoms with Gasteiger partial charge in [-0.25, -0.2) is 0 Å².